The number of urea groups is 1. The first kappa shape index (κ1) is 13.0. The van der Waals surface area contributed by atoms with Gasteiger partial charge in [-0.15, -0.1) is 0 Å². The van der Waals surface area contributed by atoms with Crippen LogP contribution in [0.15, 0.2) is 12.3 Å². The minimum atomic E-state index is -1.49. The fourth-order valence-electron chi connectivity index (χ4n) is 1.34. The predicted molar refractivity (Wildman–Crippen MR) is 63.7 cm³/mol. The number of thioether (sulfide) groups is 1. The highest BCUT2D eigenvalue weighted by atomic mass is 32.2. The summed E-state index contributed by atoms with van der Waals surface area (Å²) < 4.78 is 0. The molecule has 90 valence electrons. The van der Waals surface area contributed by atoms with E-state index in [9.17, 15) is 9.59 Å². The zero-order valence-electron chi connectivity index (χ0n) is 9.03. The molecule has 1 aliphatic heterocycles. The molecule has 0 aliphatic carbocycles. The molecule has 6 nitrogen and oxygen atoms in total. The minimum absolute atomic E-state index is 0.382. The highest BCUT2D eigenvalue weighted by Crippen LogP contribution is 2.09. The van der Waals surface area contributed by atoms with Gasteiger partial charge in [0.15, 0.2) is 11.4 Å². The summed E-state index contributed by atoms with van der Waals surface area (Å²) in [5, 5.41) is 4.72. The van der Waals surface area contributed by atoms with Crippen LogP contribution in [0.2, 0.25) is 0 Å². The van der Waals surface area contributed by atoms with E-state index in [0.29, 0.717) is 6.42 Å². The third-order valence-corrected chi connectivity index (χ3v) is 2.90. The maximum atomic E-state index is 11.9. The van der Waals surface area contributed by atoms with Crippen LogP contribution in [0.4, 0.5) is 4.79 Å². The molecule has 1 heterocycles. The van der Waals surface area contributed by atoms with E-state index in [0.717, 1.165) is 5.75 Å². The van der Waals surface area contributed by atoms with Gasteiger partial charge < -0.3 is 16.4 Å². The Bertz CT molecular complexity index is 321. The lowest BCUT2D eigenvalue weighted by Crippen LogP contribution is -2.67. The SMILES string of the molecule is CSCC[C@H](N)C(=O)C1(N)C=CNC(=O)N1. The molecule has 1 aliphatic rings. The summed E-state index contributed by atoms with van der Waals surface area (Å²) >= 11 is 1.60. The Morgan fingerprint density at radius 3 is 2.94 bits per heavy atom. The molecular weight excluding hydrogens is 228 g/mol. The molecular formula is C9H16N4O2S. The third-order valence-electron chi connectivity index (χ3n) is 2.26. The Kier molecular flexibility index (Phi) is 4.34. The molecule has 1 rings (SSSR count). The number of Topliss-reactive ketones (excluding diaryl/α,β-unsaturated/α-hetero) is 1. The molecule has 0 radical (unpaired) electrons. The first-order chi connectivity index (χ1) is 7.49. The average Bonchev–Trinajstić information content (AvgIpc) is 2.24. The van der Waals surface area contributed by atoms with E-state index in [2.05, 4.69) is 10.6 Å². The lowest BCUT2D eigenvalue weighted by molar-refractivity contribution is -0.124. The van der Waals surface area contributed by atoms with Crippen LogP contribution in [-0.2, 0) is 4.79 Å². The summed E-state index contributed by atoms with van der Waals surface area (Å²) in [6, 6.07) is -1.17. The van der Waals surface area contributed by atoms with E-state index >= 15 is 0 Å². The molecule has 0 aromatic rings. The highest BCUT2D eigenvalue weighted by Gasteiger charge is 2.37. The van der Waals surface area contributed by atoms with Crippen LogP contribution in [0.3, 0.4) is 0 Å². The second kappa shape index (κ2) is 5.33. The van der Waals surface area contributed by atoms with Gasteiger partial charge in [0.25, 0.3) is 0 Å². The molecule has 0 saturated heterocycles. The zero-order valence-corrected chi connectivity index (χ0v) is 9.84. The number of amides is 2. The van der Waals surface area contributed by atoms with Crippen molar-refractivity contribution in [2.24, 2.45) is 11.5 Å². The molecule has 0 aromatic heterocycles. The fraction of sp³-hybridized carbons (Fsp3) is 0.556. The van der Waals surface area contributed by atoms with Crippen LogP contribution in [0.5, 0.6) is 0 Å². The van der Waals surface area contributed by atoms with Crippen LogP contribution in [0.25, 0.3) is 0 Å². The van der Waals surface area contributed by atoms with Gasteiger partial charge in [-0.3, -0.25) is 10.5 Å². The van der Waals surface area contributed by atoms with Gasteiger partial charge in [0, 0.05) is 6.20 Å². The van der Waals surface area contributed by atoms with Crippen molar-refractivity contribution in [1.29, 1.82) is 0 Å². The molecule has 0 bridgehead atoms. The molecule has 6 N–H and O–H groups in total. The first-order valence-electron chi connectivity index (χ1n) is 4.83. The molecule has 1 unspecified atom stereocenters. The number of carbonyl (C=O) groups is 2. The third kappa shape index (κ3) is 2.97. The largest absolute Gasteiger partial charge is 0.321 e. The lowest BCUT2D eigenvalue weighted by atomic mass is 9.97. The summed E-state index contributed by atoms with van der Waals surface area (Å²) in [6.45, 7) is 0. The van der Waals surface area contributed by atoms with Gasteiger partial charge in [-0.05, 0) is 24.5 Å². The summed E-state index contributed by atoms with van der Waals surface area (Å²) in [6.07, 6.45) is 5.21. The zero-order chi connectivity index (χ0) is 12.2. The van der Waals surface area contributed by atoms with E-state index in [-0.39, 0.29) is 5.78 Å². The van der Waals surface area contributed by atoms with Gasteiger partial charge in [-0.2, -0.15) is 11.8 Å². The maximum absolute atomic E-state index is 11.9. The quantitative estimate of drug-likeness (QED) is 0.502. The van der Waals surface area contributed by atoms with Gasteiger partial charge >= 0.3 is 6.03 Å². The number of nitrogens with one attached hydrogen (secondary N) is 2. The van der Waals surface area contributed by atoms with Crippen molar-refractivity contribution in [2.45, 2.75) is 18.1 Å². The van der Waals surface area contributed by atoms with Crippen molar-refractivity contribution in [2.75, 3.05) is 12.0 Å². The smallest absolute Gasteiger partial charge is 0.320 e. The molecule has 0 aromatic carbocycles. The second-order valence-corrected chi connectivity index (χ2v) is 4.54. The van der Waals surface area contributed by atoms with E-state index in [1.54, 1.807) is 11.8 Å². The van der Waals surface area contributed by atoms with Gasteiger partial charge in [0.1, 0.15) is 0 Å². The van der Waals surface area contributed by atoms with Crippen molar-refractivity contribution in [3.63, 3.8) is 0 Å². The molecule has 0 saturated carbocycles. The Hall–Kier alpha value is -1.05. The Morgan fingerprint density at radius 2 is 2.38 bits per heavy atom. The van der Waals surface area contributed by atoms with Crippen LogP contribution in [-0.4, -0.2) is 35.5 Å². The Balaban J connectivity index is 2.68. The van der Waals surface area contributed by atoms with Crippen LogP contribution in [0, 0.1) is 0 Å². The normalized spacial score (nSPS) is 25.8. The van der Waals surface area contributed by atoms with Crippen LogP contribution in [0.1, 0.15) is 6.42 Å². The topological polar surface area (TPSA) is 110 Å². The van der Waals surface area contributed by atoms with E-state index in [1.807, 2.05) is 6.26 Å². The minimum Gasteiger partial charge on any atom is -0.321 e. The molecule has 2 amide bonds. The monoisotopic (exact) mass is 244 g/mol. The standard InChI is InChI=1S/C9H16N4O2S/c1-16-5-2-6(10)7(14)9(11)3-4-12-8(15)13-9/h3-4,6H,2,5,10-11H2,1H3,(H2,12,13,15)/t6-,9?/m0/s1. The van der Waals surface area contributed by atoms with Gasteiger partial charge in [0.05, 0.1) is 6.04 Å². The molecule has 16 heavy (non-hydrogen) atoms. The number of carbonyl (C=O) groups excluding carboxylic acids is 2. The fourth-order valence-corrected chi connectivity index (χ4v) is 1.83. The molecule has 0 fully saturated rings. The Morgan fingerprint density at radius 1 is 1.69 bits per heavy atom. The predicted octanol–water partition coefficient (Wildman–Crippen LogP) is -0.883. The van der Waals surface area contributed by atoms with Crippen LogP contribution >= 0.6 is 11.8 Å². The number of ketones is 1. The number of hydrogen-bond acceptors (Lipinski definition) is 5. The molecule has 7 heteroatoms. The van der Waals surface area contributed by atoms with E-state index in [4.69, 9.17) is 11.5 Å². The first-order valence-corrected chi connectivity index (χ1v) is 6.23. The average molecular weight is 244 g/mol. The van der Waals surface area contributed by atoms with Gasteiger partial charge in [0.2, 0.25) is 0 Å². The van der Waals surface area contributed by atoms with E-state index in [1.165, 1.54) is 12.3 Å². The lowest BCUT2D eigenvalue weighted by Gasteiger charge is -2.30. The summed E-state index contributed by atoms with van der Waals surface area (Å²) in [7, 11) is 0. The number of rotatable bonds is 5. The molecule has 0 spiro atoms. The van der Waals surface area contributed by atoms with E-state index < -0.39 is 17.7 Å². The summed E-state index contributed by atoms with van der Waals surface area (Å²) in [5.74, 6) is 0.395. The molecule has 2 atom stereocenters. The van der Waals surface area contributed by atoms with Crippen molar-refractivity contribution in [3.05, 3.63) is 12.3 Å². The van der Waals surface area contributed by atoms with Crippen molar-refractivity contribution >= 4 is 23.6 Å². The van der Waals surface area contributed by atoms with Crippen molar-refractivity contribution in [1.82, 2.24) is 10.6 Å². The number of hydrogen-bond donors (Lipinski definition) is 4. The van der Waals surface area contributed by atoms with Gasteiger partial charge in [-0.25, -0.2) is 4.79 Å². The van der Waals surface area contributed by atoms with Gasteiger partial charge in [-0.1, -0.05) is 0 Å². The van der Waals surface area contributed by atoms with Crippen molar-refractivity contribution in [3.8, 4) is 0 Å². The summed E-state index contributed by atoms with van der Waals surface area (Å²) in [5.41, 5.74) is 10.0. The van der Waals surface area contributed by atoms with Crippen molar-refractivity contribution < 1.29 is 9.59 Å². The second-order valence-electron chi connectivity index (χ2n) is 3.55. The summed E-state index contributed by atoms with van der Waals surface area (Å²) in [4.78, 5) is 23.0. The Labute approximate surface area is 98.2 Å². The highest BCUT2D eigenvalue weighted by molar-refractivity contribution is 7.98. The maximum Gasteiger partial charge on any atom is 0.320 e. The van der Waals surface area contributed by atoms with Crippen LogP contribution < -0.4 is 22.1 Å². The number of nitrogens with two attached hydrogens (primary N) is 2.